The molecule has 0 aliphatic heterocycles. The van der Waals surface area contributed by atoms with Crippen molar-refractivity contribution in [3.63, 3.8) is 0 Å². The molecule has 2 rings (SSSR count). The van der Waals surface area contributed by atoms with Crippen molar-refractivity contribution in [3.05, 3.63) is 0 Å². The molecule has 0 aromatic carbocycles. The summed E-state index contributed by atoms with van der Waals surface area (Å²) in [5.41, 5.74) is 6.01. The summed E-state index contributed by atoms with van der Waals surface area (Å²) in [6.07, 6.45) is 7.62. The third kappa shape index (κ3) is 2.87. The van der Waals surface area contributed by atoms with E-state index in [1.165, 1.54) is 32.1 Å². The minimum Gasteiger partial charge on any atom is -0.330 e. The average Bonchev–Trinajstić information content (AvgIpc) is 2.40. The molecule has 0 saturated heterocycles. The van der Waals surface area contributed by atoms with Crippen molar-refractivity contribution in [2.75, 3.05) is 6.54 Å². The van der Waals surface area contributed by atoms with Crippen molar-refractivity contribution >= 4 is 0 Å². The smallest absolute Gasteiger partial charge is 0.248 e. The van der Waals surface area contributed by atoms with Gasteiger partial charge in [0.2, 0.25) is 5.92 Å². The summed E-state index contributed by atoms with van der Waals surface area (Å²) in [4.78, 5) is 0. The molecule has 1 nitrogen and oxygen atoms in total. The van der Waals surface area contributed by atoms with Gasteiger partial charge < -0.3 is 5.73 Å². The molecule has 2 fully saturated rings. The van der Waals surface area contributed by atoms with Gasteiger partial charge in [-0.3, -0.25) is 0 Å². The predicted molar refractivity (Wildman–Crippen MR) is 70.6 cm³/mol. The highest BCUT2D eigenvalue weighted by atomic mass is 19.3. The lowest BCUT2D eigenvalue weighted by molar-refractivity contribution is -0.0838. The SMILES string of the molecule is CCC1CCC(C2(CN)CCC(F)(F)CC2)CC1. The summed E-state index contributed by atoms with van der Waals surface area (Å²) in [7, 11) is 0. The van der Waals surface area contributed by atoms with Gasteiger partial charge >= 0.3 is 0 Å². The molecular weight excluding hydrogens is 232 g/mol. The minimum atomic E-state index is -2.43. The molecule has 3 heteroatoms. The fourth-order valence-corrected chi connectivity index (χ4v) is 4.08. The second kappa shape index (κ2) is 5.44. The molecule has 0 spiro atoms. The Morgan fingerprint density at radius 3 is 2.00 bits per heavy atom. The van der Waals surface area contributed by atoms with Crippen LogP contribution in [0.1, 0.15) is 64.7 Å². The molecular formula is C15H27F2N. The van der Waals surface area contributed by atoms with Crippen molar-refractivity contribution in [2.45, 2.75) is 70.6 Å². The van der Waals surface area contributed by atoms with Crippen molar-refractivity contribution in [3.8, 4) is 0 Å². The van der Waals surface area contributed by atoms with Crippen molar-refractivity contribution in [1.82, 2.24) is 0 Å². The largest absolute Gasteiger partial charge is 0.330 e. The van der Waals surface area contributed by atoms with E-state index >= 15 is 0 Å². The number of nitrogens with two attached hydrogens (primary N) is 1. The van der Waals surface area contributed by atoms with E-state index in [1.54, 1.807) is 0 Å². The monoisotopic (exact) mass is 259 g/mol. The molecule has 2 N–H and O–H groups in total. The zero-order valence-corrected chi connectivity index (χ0v) is 11.6. The van der Waals surface area contributed by atoms with Gasteiger partial charge in [0.05, 0.1) is 0 Å². The Balaban J connectivity index is 1.97. The van der Waals surface area contributed by atoms with Crippen LogP contribution < -0.4 is 5.73 Å². The first-order valence-corrected chi connectivity index (χ1v) is 7.59. The summed E-state index contributed by atoms with van der Waals surface area (Å²) >= 11 is 0. The summed E-state index contributed by atoms with van der Waals surface area (Å²) in [5, 5.41) is 0. The first-order valence-electron chi connectivity index (χ1n) is 7.59. The molecule has 0 aromatic heterocycles. The van der Waals surface area contributed by atoms with Crippen molar-refractivity contribution in [1.29, 1.82) is 0 Å². The second-order valence-corrected chi connectivity index (χ2v) is 6.55. The van der Waals surface area contributed by atoms with E-state index in [1.807, 2.05) is 0 Å². The number of rotatable bonds is 3. The van der Waals surface area contributed by atoms with Gasteiger partial charge in [0.15, 0.2) is 0 Å². The van der Waals surface area contributed by atoms with Crippen LogP contribution in [0, 0.1) is 17.3 Å². The lowest BCUT2D eigenvalue weighted by Gasteiger charge is -2.47. The number of hydrogen-bond acceptors (Lipinski definition) is 1. The maximum absolute atomic E-state index is 13.3. The van der Waals surface area contributed by atoms with Crippen LogP contribution in [0.25, 0.3) is 0 Å². The Kier molecular flexibility index (Phi) is 4.30. The van der Waals surface area contributed by atoms with Gasteiger partial charge in [-0.1, -0.05) is 26.2 Å². The van der Waals surface area contributed by atoms with Crippen molar-refractivity contribution in [2.24, 2.45) is 23.0 Å². The summed E-state index contributed by atoms with van der Waals surface area (Å²) < 4.78 is 26.7. The van der Waals surface area contributed by atoms with Crippen LogP contribution in [0.3, 0.4) is 0 Å². The quantitative estimate of drug-likeness (QED) is 0.800. The van der Waals surface area contributed by atoms with Gasteiger partial charge in [0.1, 0.15) is 0 Å². The zero-order chi connectivity index (χ0) is 13.2. The molecule has 106 valence electrons. The van der Waals surface area contributed by atoms with Gasteiger partial charge in [0, 0.05) is 12.8 Å². The van der Waals surface area contributed by atoms with Crippen LogP contribution in [0.2, 0.25) is 0 Å². The van der Waals surface area contributed by atoms with Gasteiger partial charge in [-0.05, 0) is 49.5 Å². The Bertz CT molecular complexity index is 260. The van der Waals surface area contributed by atoms with E-state index in [9.17, 15) is 8.78 Å². The van der Waals surface area contributed by atoms with Crippen LogP contribution in [-0.4, -0.2) is 12.5 Å². The maximum atomic E-state index is 13.3. The predicted octanol–water partition coefficient (Wildman–Crippen LogP) is 4.36. The topological polar surface area (TPSA) is 26.0 Å². The molecule has 0 heterocycles. The van der Waals surface area contributed by atoms with Crippen molar-refractivity contribution < 1.29 is 8.78 Å². The fraction of sp³-hybridized carbons (Fsp3) is 1.00. The van der Waals surface area contributed by atoms with E-state index < -0.39 is 5.92 Å². The lowest BCUT2D eigenvalue weighted by atomic mass is 9.60. The molecule has 2 aliphatic carbocycles. The summed E-state index contributed by atoms with van der Waals surface area (Å²) in [5.74, 6) is -0.971. The highest BCUT2D eigenvalue weighted by molar-refractivity contribution is 4.95. The highest BCUT2D eigenvalue weighted by Crippen LogP contribution is 2.51. The van der Waals surface area contributed by atoms with Crippen LogP contribution >= 0.6 is 0 Å². The van der Waals surface area contributed by atoms with Gasteiger partial charge in [-0.2, -0.15) is 0 Å². The third-order valence-corrected chi connectivity index (χ3v) is 5.67. The Morgan fingerprint density at radius 1 is 1.00 bits per heavy atom. The molecule has 2 saturated carbocycles. The van der Waals surface area contributed by atoms with Crippen LogP contribution in [0.5, 0.6) is 0 Å². The molecule has 0 aromatic rings. The Labute approximate surface area is 110 Å². The molecule has 0 radical (unpaired) electrons. The molecule has 0 unspecified atom stereocenters. The number of hydrogen-bond donors (Lipinski definition) is 1. The molecule has 18 heavy (non-hydrogen) atoms. The van der Waals surface area contributed by atoms with Crippen LogP contribution in [0.15, 0.2) is 0 Å². The molecule has 0 bridgehead atoms. The van der Waals surface area contributed by atoms with Gasteiger partial charge in [-0.15, -0.1) is 0 Å². The Hall–Kier alpha value is -0.180. The Morgan fingerprint density at radius 2 is 1.56 bits per heavy atom. The summed E-state index contributed by atoms with van der Waals surface area (Å²) in [6, 6.07) is 0. The standard InChI is InChI=1S/C15H27F2N/c1-2-12-3-5-13(6-4-12)14(11-18)7-9-15(16,17)10-8-14/h12-13H,2-11,18H2,1H3. The average molecular weight is 259 g/mol. The summed E-state index contributed by atoms with van der Waals surface area (Å²) in [6.45, 7) is 2.86. The lowest BCUT2D eigenvalue weighted by Crippen LogP contribution is -2.45. The van der Waals surface area contributed by atoms with Gasteiger partial charge in [-0.25, -0.2) is 8.78 Å². The molecule has 2 aliphatic rings. The minimum absolute atomic E-state index is 0.0282. The van der Waals surface area contributed by atoms with E-state index in [0.29, 0.717) is 25.3 Å². The maximum Gasteiger partial charge on any atom is 0.248 e. The van der Waals surface area contributed by atoms with Crippen LogP contribution in [-0.2, 0) is 0 Å². The van der Waals surface area contributed by atoms with E-state index in [4.69, 9.17) is 5.73 Å². The number of halogens is 2. The highest BCUT2D eigenvalue weighted by Gasteiger charge is 2.47. The molecule has 0 atom stereocenters. The van der Waals surface area contributed by atoms with E-state index in [0.717, 1.165) is 5.92 Å². The third-order valence-electron chi connectivity index (χ3n) is 5.67. The van der Waals surface area contributed by atoms with Crippen LogP contribution in [0.4, 0.5) is 8.78 Å². The molecule has 0 amide bonds. The van der Waals surface area contributed by atoms with E-state index in [-0.39, 0.29) is 18.3 Å². The number of alkyl halides is 2. The van der Waals surface area contributed by atoms with E-state index in [2.05, 4.69) is 6.92 Å². The normalized spacial score (nSPS) is 35.3. The second-order valence-electron chi connectivity index (χ2n) is 6.55. The first-order chi connectivity index (χ1) is 8.51. The van der Waals surface area contributed by atoms with Gasteiger partial charge in [0.25, 0.3) is 0 Å². The zero-order valence-electron chi connectivity index (χ0n) is 11.6. The first kappa shape index (κ1) is 14.2. The fourth-order valence-electron chi connectivity index (χ4n) is 4.08.